The Morgan fingerprint density at radius 3 is 2.59 bits per heavy atom. The summed E-state index contributed by atoms with van der Waals surface area (Å²) in [5.74, 6) is 0.471. The molecule has 3 rings (SSSR count). The number of oxazole rings is 1. The van der Waals surface area contributed by atoms with Crippen LogP contribution in [-0.4, -0.2) is 15.7 Å². The summed E-state index contributed by atoms with van der Waals surface area (Å²) in [5.41, 5.74) is 4.99. The molecule has 0 unspecified atom stereocenters. The number of anilines is 1. The lowest BCUT2D eigenvalue weighted by Crippen LogP contribution is -1.96. The highest BCUT2D eigenvalue weighted by molar-refractivity contribution is 6.10. The van der Waals surface area contributed by atoms with Gasteiger partial charge in [-0.1, -0.05) is 0 Å². The van der Waals surface area contributed by atoms with Gasteiger partial charge in [-0.15, -0.1) is 0 Å². The molecule has 0 aliphatic rings. The second-order valence-electron chi connectivity index (χ2n) is 4.22. The molecule has 2 aromatic heterocycles. The molecule has 0 amide bonds. The highest BCUT2D eigenvalue weighted by Crippen LogP contribution is 2.24. The second kappa shape index (κ2) is 5.73. The van der Waals surface area contributed by atoms with Crippen molar-refractivity contribution in [1.29, 1.82) is 10.5 Å². The van der Waals surface area contributed by atoms with E-state index in [-0.39, 0.29) is 5.71 Å². The zero-order chi connectivity index (χ0) is 15.4. The van der Waals surface area contributed by atoms with Gasteiger partial charge in [-0.3, -0.25) is 5.43 Å². The third-order valence-electron chi connectivity index (χ3n) is 2.81. The molecule has 0 bridgehead atoms. The van der Waals surface area contributed by atoms with Gasteiger partial charge in [-0.25, -0.2) is 4.98 Å². The minimum Gasteiger partial charge on any atom is -0.434 e. The lowest BCUT2D eigenvalue weighted by Gasteiger charge is -2.00. The van der Waals surface area contributed by atoms with Gasteiger partial charge in [-0.05, 0) is 36.4 Å². The fraction of sp³-hybridized carbons (Fsp3) is 0. The lowest BCUT2D eigenvalue weighted by atomic mass is 10.2. The predicted octanol–water partition coefficient (Wildman–Crippen LogP) is 2.70. The maximum Gasteiger partial charge on any atom is 0.237 e. The normalized spacial score (nSPS) is 9.73. The van der Waals surface area contributed by atoms with E-state index in [0.29, 0.717) is 22.8 Å². The Kier molecular flexibility index (Phi) is 3.46. The Morgan fingerprint density at radius 1 is 1.14 bits per heavy atom. The van der Waals surface area contributed by atoms with E-state index in [2.05, 4.69) is 20.5 Å². The number of pyridine rings is 1. The summed E-state index contributed by atoms with van der Waals surface area (Å²) in [6.45, 7) is 0. The summed E-state index contributed by atoms with van der Waals surface area (Å²) >= 11 is 0. The van der Waals surface area contributed by atoms with Crippen LogP contribution in [0.25, 0.3) is 22.7 Å². The molecule has 1 aromatic carbocycles. The molecule has 0 atom stereocenters. The number of nitrogens with zero attached hydrogens (tertiary/aromatic N) is 5. The number of rotatable bonds is 3. The van der Waals surface area contributed by atoms with Gasteiger partial charge in [0.05, 0.1) is 5.69 Å². The standard InChI is InChI=1S/C15H8N6O/c16-8-12(9-17)21-20-11-5-3-10(4-6-11)15-19-14-13(22-15)2-1-7-18-14/h1-7,20H. The molecule has 1 N–H and O–H groups in total. The summed E-state index contributed by atoms with van der Waals surface area (Å²) in [6, 6.07) is 14.0. The van der Waals surface area contributed by atoms with Crippen molar-refractivity contribution in [1.82, 2.24) is 9.97 Å². The summed E-state index contributed by atoms with van der Waals surface area (Å²) in [5, 5.41) is 20.9. The number of nitrogens with one attached hydrogen (secondary N) is 1. The molecule has 2 heterocycles. The number of benzene rings is 1. The van der Waals surface area contributed by atoms with Crippen molar-refractivity contribution in [3.63, 3.8) is 0 Å². The monoisotopic (exact) mass is 288 g/mol. The minimum atomic E-state index is -0.242. The summed E-state index contributed by atoms with van der Waals surface area (Å²) in [6.07, 6.45) is 1.65. The van der Waals surface area contributed by atoms with Gasteiger partial charge in [0.15, 0.2) is 11.2 Å². The number of hydrogen-bond donors (Lipinski definition) is 1. The van der Waals surface area contributed by atoms with E-state index in [1.54, 1.807) is 54.7 Å². The highest BCUT2D eigenvalue weighted by atomic mass is 16.3. The van der Waals surface area contributed by atoms with E-state index in [9.17, 15) is 0 Å². The average molecular weight is 288 g/mol. The van der Waals surface area contributed by atoms with Crippen LogP contribution in [0.3, 0.4) is 0 Å². The molecular formula is C15H8N6O. The molecular weight excluding hydrogens is 280 g/mol. The number of hydrogen-bond acceptors (Lipinski definition) is 7. The average Bonchev–Trinajstić information content (AvgIpc) is 3.00. The fourth-order valence-electron chi connectivity index (χ4n) is 1.78. The van der Waals surface area contributed by atoms with E-state index in [1.165, 1.54) is 0 Å². The topological polar surface area (TPSA) is 111 Å². The van der Waals surface area contributed by atoms with E-state index < -0.39 is 0 Å². The van der Waals surface area contributed by atoms with Crippen LogP contribution in [-0.2, 0) is 0 Å². The smallest absolute Gasteiger partial charge is 0.237 e. The van der Waals surface area contributed by atoms with Crippen molar-refractivity contribution in [2.75, 3.05) is 5.43 Å². The van der Waals surface area contributed by atoms with E-state index in [4.69, 9.17) is 14.9 Å². The van der Waals surface area contributed by atoms with Crippen molar-refractivity contribution in [2.45, 2.75) is 0 Å². The van der Waals surface area contributed by atoms with Crippen molar-refractivity contribution in [3.05, 3.63) is 42.6 Å². The summed E-state index contributed by atoms with van der Waals surface area (Å²) in [7, 11) is 0. The van der Waals surface area contributed by atoms with Gasteiger partial charge in [0.1, 0.15) is 12.1 Å². The van der Waals surface area contributed by atoms with E-state index >= 15 is 0 Å². The molecule has 0 saturated heterocycles. The number of fused-ring (bicyclic) bond motifs is 1. The third kappa shape index (κ3) is 2.60. The van der Waals surface area contributed by atoms with E-state index in [0.717, 1.165) is 5.56 Å². The summed E-state index contributed by atoms with van der Waals surface area (Å²) in [4.78, 5) is 8.42. The SMILES string of the molecule is N#CC(C#N)=NNc1ccc(-c2nc3ncccc3o2)cc1. The quantitative estimate of drug-likeness (QED) is 0.586. The third-order valence-corrected chi connectivity index (χ3v) is 2.81. The Bertz CT molecular complexity index is 878. The molecule has 7 heteroatoms. The van der Waals surface area contributed by atoms with Gasteiger partial charge in [0.25, 0.3) is 0 Å². The molecule has 0 fully saturated rings. The van der Waals surface area contributed by atoms with Crippen LogP contribution in [0.4, 0.5) is 5.69 Å². The molecule has 7 nitrogen and oxygen atoms in total. The molecule has 104 valence electrons. The molecule has 22 heavy (non-hydrogen) atoms. The van der Waals surface area contributed by atoms with Gasteiger partial charge < -0.3 is 4.42 Å². The van der Waals surface area contributed by atoms with Crippen molar-refractivity contribution < 1.29 is 4.42 Å². The zero-order valence-corrected chi connectivity index (χ0v) is 11.2. The van der Waals surface area contributed by atoms with Crippen LogP contribution in [0.5, 0.6) is 0 Å². The maximum atomic E-state index is 8.60. The van der Waals surface area contributed by atoms with Crippen LogP contribution < -0.4 is 5.43 Å². The van der Waals surface area contributed by atoms with Gasteiger partial charge in [-0.2, -0.15) is 20.6 Å². The first-order valence-corrected chi connectivity index (χ1v) is 6.26. The van der Waals surface area contributed by atoms with Crippen LogP contribution in [0.2, 0.25) is 0 Å². The number of nitriles is 2. The predicted molar refractivity (Wildman–Crippen MR) is 79.5 cm³/mol. The summed E-state index contributed by atoms with van der Waals surface area (Å²) < 4.78 is 5.62. The van der Waals surface area contributed by atoms with Crippen molar-refractivity contribution in [2.24, 2.45) is 5.10 Å². The van der Waals surface area contributed by atoms with Crippen LogP contribution >= 0.6 is 0 Å². The Labute approximate surface area is 125 Å². The first-order valence-electron chi connectivity index (χ1n) is 6.26. The Balaban J connectivity index is 1.84. The first kappa shape index (κ1) is 13.3. The molecule has 0 aliphatic carbocycles. The van der Waals surface area contributed by atoms with Crippen LogP contribution in [0, 0.1) is 22.7 Å². The molecule has 0 aliphatic heterocycles. The maximum absolute atomic E-state index is 8.60. The number of aromatic nitrogens is 2. The van der Waals surface area contributed by atoms with E-state index in [1.807, 2.05) is 0 Å². The number of hydrazone groups is 1. The minimum absolute atomic E-state index is 0.242. The lowest BCUT2D eigenvalue weighted by molar-refractivity contribution is 0.619. The fourth-order valence-corrected chi connectivity index (χ4v) is 1.78. The first-order chi connectivity index (χ1) is 10.8. The van der Waals surface area contributed by atoms with Crippen molar-refractivity contribution >= 4 is 22.6 Å². The van der Waals surface area contributed by atoms with Crippen molar-refractivity contribution in [3.8, 4) is 23.6 Å². The van der Waals surface area contributed by atoms with Gasteiger partial charge >= 0.3 is 0 Å². The van der Waals surface area contributed by atoms with Gasteiger partial charge in [0, 0.05) is 11.8 Å². The highest BCUT2D eigenvalue weighted by Gasteiger charge is 2.08. The second-order valence-corrected chi connectivity index (χ2v) is 4.22. The molecule has 0 saturated carbocycles. The molecule has 3 aromatic rings. The van der Waals surface area contributed by atoms with Gasteiger partial charge in [0.2, 0.25) is 11.6 Å². The zero-order valence-electron chi connectivity index (χ0n) is 11.2. The largest absolute Gasteiger partial charge is 0.434 e. The Morgan fingerprint density at radius 2 is 1.91 bits per heavy atom. The van der Waals surface area contributed by atoms with Crippen LogP contribution in [0.15, 0.2) is 52.1 Å². The van der Waals surface area contributed by atoms with Crippen LogP contribution in [0.1, 0.15) is 0 Å². The molecule has 0 spiro atoms. The Hall–Kier alpha value is -3.71. The molecule has 0 radical (unpaired) electrons.